The van der Waals surface area contributed by atoms with E-state index in [1.165, 1.54) is 0 Å². The summed E-state index contributed by atoms with van der Waals surface area (Å²) >= 11 is 0. The van der Waals surface area contributed by atoms with Gasteiger partial charge in [0.25, 0.3) is 0 Å². The van der Waals surface area contributed by atoms with E-state index in [0.29, 0.717) is 23.4 Å². The molecule has 2 N–H and O–H groups in total. The molecule has 0 fully saturated rings. The first-order chi connectivity index (χ1) is 16.0. The zero-order valence-corrected chi connectivity index (χ0v) is 18.2. The number of benzene rings is 2. The molecule has 0 spiro atoms. The molecule has 0 saturated heterocycles. The van der Waals surface area contributed by atoms with Gasteiger partial charge >= 0.3 is 12.0 Å². The summed E-state index contributed by atoms with van der Waals surface area (Å²) in [5.74, 6) is 0.543. The van der Waals surface area contributed by atoms with Crippen LogP contribution in [0.15, 0.2) is 53.1 Å². The van der Waals surface area contributed by atoms with Crippen molar-refractivity contribution < 1.29 is 23.6 Å². The van der Waals surface area contributed by atoms with Gasteiger partial charge in [0.15, 0.2) is 5.82 Å². The highest BCUT2D eigenvalue weighted by atomic mass is 16.5. The highest BCUT2D eigenvalue weighted by Crippen LogP contribution is 2.20. The number of rotatable bonds is 9. The van der Waals surface area contributed by atoms with E-state index in [1.807, 2.05) is 30.3 Å². The van der Waals surface area contributed by atoms with Gasteiger partial charge in [-0.15, -0.1) is 0 Å². The van der Waals surface area contributed by atoms with Gasteiger partial charge in [-0.2, -0.15) is 10.2 Å². The van der Waals surface area contributed by atoms with Crippen molar-refractivity contribution in [2.24, 2.45) is 0 Å². The smallest absolute Gasteiger partial charge is 0.319 e. The second kappa shape index (κ2) is 11.3. The molecule has 0 aliphatic carbocycles. The summed E-state index contributed by atoms with van der Waals surface area (Å²) < 4.78 is 15.3. The molecule has 1 atom stereocenters. The van der Waals surface area contributed by atoms with Crippen LogP contribution in [0.1, 0.15) is 35.8 Å². The fourth-order valence-electron chi connectivity index (χ4n) is 2.97. The van der Waals surface area contributed by atoms with Gasteiger partial charge in [0.1, 0.15) is 12.2 Å². The molecule has 0 saturated carbocycles. The molecule has 0 aliphatic heterocycles. The maximum absolute atomic E-state index is 12.6. The average Bonchev–Trinajstić information content (AvgIpc) is 3.28. The molecule has 1 aromatic heterocycles. The fraction of sp³-hybridized carbons (Fsp3) is 0.261. The van der Waals surface area contributed by atoms with E-state index in [9.17, 15) is 9.59 Å². The van der Waals surface area contributed by atoms with Crippen molar-refractivity contribution in [2.75, 3.05) is 19.0 Å². The number of urea groups is 1. The molecule has 10 heteroatoms. The van der Waals surface area contributed by atoms with E-state index in [4.69, 9.17) is 19.3 Å². The summed E-state index contributed by atoms with van der Waals surface area (Å²) in [6.45, 7) is 1.95. The largest absolute Gasteiger partial charge is 0.497 e. The van der Waals surface area contributed by atoms with E-state index in [-0.39, 0.29) is 24.7 Å². The number of hydrogen-bond donors (Lipinski definition) is 2. The normalized spacial score (nSPS) is 11.2. The van der Waals surface area contributed by atoms with E-state index in [2.05, 4.69) is 20.8 Å². The number of ether oxygens (including phenoxy) is 2. The van der Waals surface area contributed by atoms with Crippen LogP contribution in [-0.2, 0) is 22.4 Å². The Hall–Kier alpha value is -4.39. The Bertz CT molecular complexity index is 1120. The fourth-order valence-corrected chi connectivity index (χ4v) is 2.97. The molecule has 0 unspecified atom stereocenters. The molecule has 0 radical (unpaired) electrons. The van der Waals surface area contributed by atoms with Gasteiger partial charge in [0, 0.05) is 12.1 Å². The molecule has 170 valence electrons. The summed E-state index contributed by atoms with van der Waals surface area (Å²) in [7, 11) is 1.58. The second-order valence-electron chi connectivity index (χ2n) is 6.92. The molecule has 2 aromatic carbocycles. The number of nitrogens with zero attached hydrogens (tertiary/aromatic N) is 3. The molecule has 3 aromatic rings. The van der Waals surface area contributed by atoms with Crippen LogP contribution in [-0.4, -0.2) is 35.9 Å². The minimum atomic E-state index is -0.642. The van der Waals surface area contributed by atoms with Crippen LogP contribution in [0, 0.1) is 11.3 Å². The van der Waals surface area contributed by atoms with Gasteiger partial charge in [-0.3, -0.25) is 4.79 Å². The average molecular weight is 449 g/mol. The van der Waals surface area contributed by atoms with Gasteiger partial charge in [0.05, 0.1) is 31.4 Å². The number of anilines is 1. The predicted molar refractivity (Wildman–Crippen MR) is 117 cm³/mol. The lowest BCUT2D eigenvalue weighted by atomic mass is 10.1. The van der Waals surface area contributed by atoms with Crippen LogP contribution in [0.3, 0.4) is 0 Å². The predicted octanol–water partition coefficient (Wildman–Crippen LogP) is 3.16. The first-order valence-electron chi connectivity index (χ1n) is 10.2. The molecule has 0 aliphatic rings. The van der Waals surface area contributed by atoms with Gasteiger partial charge in [0.2, 0.25) is 5.89 Å². The van der Waals surface area contributed by atoms with Crippen molar-refractivity contribution in [3.8, 4) is 11.8 Å². The first-order valence-corrected chi connectivity index (χ1v) is 10.2. The Morgan fingerprint density at radius 2 is 1.88 bits per heavy atom. The Balaban J connectivity index is 1.75. The third kappa shape index (κ3) is 6.80. The summed E-state index contributed by atoms with van der Waals surface area (Å²) in [4.78, 5) is 28.6. The zero-order valence-electron chi connectivity index (χ0n) is 18.2. The number of esters is 1. The number of aromatic nitrogens is 2. The van der Waals surface area contributed by atoms with E-state index in [1.54, 1.807) is 38.3 Å². The third-order valence-electron chi connectivity index (χ3n) is 4.57. The first kappa shape index (κ1) is 23.3. The maximum Gasteiger partial charge on any atom is 0.319 e. The van der Waals surface area contributed by atoms with Crippen LogP contribution < -0.4 is 15.4 Å². The van der Waals surface area contributed by atoms with Crippen molar-refractivity contribution in [1.82, 2.24) is 15.5 Å². The Kier molecular flexibility index (Phi) is 7.96. The van der Waals surface area contributed by atoms with Crippen molar-refractivity contribution >= 4 is 17.7 Å². The maximum atomic E-state index is 12.6. The number of amides is 2. The van der Waals surface area contributed by atoms with E-state index < -0.39 is 18.0 Å². The van der Waals surface area contributed by atoms with Gasteiger partial charge in [-0.05, 0) is 48.9 Å². The molecule has 33 heavy (non-hydrogen) atoms. The summed E-state index contributed by atoms with van der Waals surface area (Å²) in [5.41, 5.74) is 1.90. The van der Waals surface area contributed by atoms with Gasteiger partial charge < -0.3 is 24.6 Å². The number of nitrogens with one attached hydrogen (secondary N) is 2. The van der Waals surface area contributed by atoms with Crippen molar-refractivity contribution in [3.63, 3.8) is 0 Å². The number of carbonyl (C=O) groups excluding carboxylic acids is 2. The van der Waals surface area contributed by atoms with Gasteiger partial charge in [-0.1, -0.05) is 17.3 Å². The molecular formula is C23H23N5O5. The lowest BCUT2D eigenvalue weighted by molar-refractivity contribution is -0.142. The quantitative estimate of drug-likeness (QED) is 0.475. The Morgan fingerprint density at radius 3 is 2.52 bits per heavy atom. The summed E-state index contributed by atoms with van der Waals surface area (Å²) in [6.07, 6.45) is 0.205. The number of nitriles is 1. The zero-order chi connectivity index (χ0) is 23.6. The minimum Gasteiger partial charge on any atom is -0.497 e. The van der Waals surface area contributed by atoms with Crippen LogP contribution in [0.5, 0.6) is 5.75 Å². The Labute approximate surface area is 190 Å². The van der Waals surface area contributed by atoms with E-state index in [0.717, 1.165) is 5.56 Å². The van der Waals surface area contributed by atoms with Gasteiger partial charge in [-0.25, -0.2) is 4.79 Å². The second-order valence-corrected chi connectivity index (χ2v) is 6.92. The SMILES string of the molecule is CCOC(=O)Cc1nc([C@H](Cc2ccc(OC)cc2)NC(=O)Nc2ccc(C#N)cc2)no1. The molecule has 0 bridgehead atoms. The molecule has 1 heterocycles. The molecule has 10 nitrogen and oxygen atoms in total. The minimum absolute atomic E-state index is 0.0949. The highest BCUT2D eigenvalue weighted by molar-refractivity contribution is 5.89. The standard InChI is InChI=1S/C23H23N5O5/c1-3-32-21(29)13-20-27-22(28-33-20)19(12-15-6-10-18(31-2)11-7-15)26-23(30)25-17-8-4-16(14-24)5-9-17/h4-11,19H,3,12-13H2,1-2H3,(H2,25,26,30)/t19-/m0/s1. The lowest BCUT2D eigenvalue weighted by Gasteiger charge is -2.16. The summed E-state index contributed by atoms with van der Waals surface area (Å²) in [5, 5.41) is 18.4. The third-order valence-corrected chi connectivity index (χ3v) is 4.57. The molecular weight excluding hydrogens is 426 g/mol. The number of hydrogen-bond acceptors (Lipinski definition) is 8. The van der Waals surface area contributed by atoms with Crippen LogP contribution >= 0.6 is 0 Å². The van der Waals surface area contributed by atoms with Crippen molar-refractivity contribution in [2.45, 2.75) is 25.8 Å². The van der Waals surface area contributed by atoms with Crippen molar-refractivity contribution in [1.29, 1.82) is 5.26 Å². The Morgan fingerprint density at radius 1 is 1.15 bits per heavy atom. The van der Waals surface area contributed by atoms with Crippen LogP contribution in [0.25, 0.3) is 0 Å². The van der Waals surface area contributed by atoms with E-state index >= 15 is 0 Å². The topological polar surface area (TPSA) is 139 Å². The van der Waals surface area contributed by atoms with Crippen molar-refractivity contribution in [3.05, 3.63) is 71.4 Å². The monoisotopic (exact) mass is 449 g/mol. The highest BCUT2D eigenvalue weighted by Gasteiger charge is 2.22. The van der Waals surface area contributed by atoms with Crippen LogP contribution in [0.2, 0.25) is 0 Å². The van der Waals surface area contributed by atoms with Crippen LogP contribution in [0.4, 0.5) is 10.5 Å². The number of carbonyl (C=O) groups is 2. The lowest BCUT2D eigenvalue weighted by Crippen LogP contribution is -2.34. The number of methoxy groups -OCH3 is 1. The summed E-state index contributed by atoms with van der Waals surface area (Å²) in [6, 6.07) is 14.7. The molecule has 3 rings (SSSR count). The molecule has 2 amide bonds.